The molecule has 0 fully saturated rings. The van der Waals surface area contributed by atoms with Crippen molar-refractivity contribution in [3.8, 4) is 11.1 Å². The van der Waals surface area contributed by atoms with Crippen LogP contribution in [0.15, 0.2) is 36.4 Å². The molecule has 1 nitrogen and oxygen atoms in total. The second-order valence-electron chi connectivity index (χ2n) is 3.97. The number of hydrogen-bond acceptors (Lipinski definition) is 0. The van der Waals surface area contributed by atoms with Gasteiger partial charge in [-0.05, 0) is 23.3 Å². The molecule has 20 heavy (non-hydrogen) atoms. The minimum absolute atomic E-state index is 0.176. The van der Waals surface area contributed by atoms with Crippen LogP contribution in [-0.2, 0) is 6.18 Å². The van der Waals surface area contributed by atoms with Crippen molar-refractivity contribution in [1.82, 2.24) is 0 Å². The molecule has 0 amide bonds. The van der Waals surface area contributed by atoms with Crippen LogP contribution in [0.4, 0.5) is 23.2 Å². The predicted octanol–water partition coefficient (Wildman–Crippen LogP) is 5.72. The van der Waals surface area contributed by atoms with Crippen LogP contribution in [0, 0.1) is 12.4 Å². The molecule has 2 aromatic carbocycles. The van der Waals surface area contributed by atoms with Crippen molar-refractivity contribution in [3.63, 3.8) is 0 Å². The summed E-state index contributed by atoms with van der Waals surface area (Å²) >= 11 is 5.61. The van der Waals surface area contributed by atoms with Crippen molar-refractivity contribution in [2.75, 3.05) is 0 Å². The summed E-state index contributed by atoms with van der Waals surface area (Å²) in [5.74, 6) is -0.649. The number of hydrogen-bond donors (Lipinski definition) is 0. The Bertz CT molecular complexity index is 701. The van der Waals surface area contributed by atoms with E-state index in [0.29, 0.717) is 5.56 Å². The van der Waals surface area contributed by atoms with Gasteiger partial charge < -0.3 is 0 Å². The van der Waals surface area contributed by atoms with Crippen LogP contribution < -0.4 is 0 Å². The van der Waals surface area contributed by atoms with Gasteiger partial charge in [0.2, 0.25) is 0 Å². The Kier molecular flexibility index (Phi) is 3.69. The fraction of sp³-hybridized carbons (Fsp3) is 0.0714. The smallest absolute Gasteiger partial charge is 0.238 e. The van der Waals surface area contributed by atoms with E-state index >= 15 is 0 Å². The summed E-state index contributed by atoms with van der Waals surface area (Å²) < 4.78 is 51.6. The molecule has 0 unspecified atom stereocenters. The standard InChI is InChI=1S/C14H6ClF4N/c1-20-13-5-3-8(6-10(13)14(17,18)19)9-2-4-12(16)11(15)7-9/h2-7H. The van der Waals surface area contributed by atoms with E-state index in [0.717, 1.165) is 18.2 Å². The van der Waals surface area contributed by atoms with E-state index in [4.69, 9.17) is 18.2 Å². The lowest BCUT2D eigenvalue weighted by molar-refractivity contribution is -0.136. The molecule has 0 spiro atoms. The summed E-state index contributed by atoms with van der Waals surface area (Å²) in [6.45, 7) is 6.76. The van der Waals surface area contributed by atoms with E-state index in [1.807, 2.05) is 0 Å². The summed E-state index contributed by atoms with van der Waals surface area (Å²) in [7, 11) is 0. The first-order chi connectivity index (χ1) is 9.32. The Hall–Kier alpha value is -2.06. The summed E-state index contributed by atoms with van der Waals surface area (Å²) in [5, 5.41) is -0.176. The maximum atomic E-state index is 13.0. The predicted molar refractivity (Wildman–Crippen MR) is 68.1 cm³/mol. The number of rotatable bonds is 1. The maximum absolute atomic E-state index is 13.0. The van der Waals surface area contributed by atoms with E-state index in [2.05, 4.69) is 4.85 Å². The van der Waals surface area contributed by atoms with Gasteiger partial charge in [-0.3, -0.25) is 0 Å². The van der Waals surface area contributed by atoms with E-state index < -0.39 is 23.2 Å². The van der Waals surface area contributed by atoms with Crippen LogP contribution >= 0.6 is 11.6 Å². The molecule has 0 atom stereocenters. The molecule has 0 heterocycles. The highest BCUT2D eigenvalue weighted by atomic mass is 35.5. The Morgan fingerprint density at radius 1 is 1.00 bits per heavy atom. The van der Waals surface area contributed by atoms with Gasteiger partial charge in [-0.25, -0.2) is 9.24 Å². The number of benzene rings is 2. The number of halogens is 5. The van der Waals surface area contributed by atoms with Gasteiger partial charge in [-0.15, -0.1) is 0 Å². The van der Waals surface area contributed by atoms with Crippen LogP contribution in [0.25, 0.3) is 16.0 Å². The molecule has 102 valence electrons. The van der Waals surface area contributed by atoms with E-state index in [1.165, 1.54) is 18.2 Å². The van der Waals surface area contributed by atoms with Gasteiger partial charge in [0, 0.05) is 0 Å². The highest BCUT2D eigenvalue weighted by Gasteiger charge is 2.33. The summed E-state index contributed by atoms with van der Waals surface area (Å²) in [6.07, 6.45) is -4.63. The Morgan fingerprint density at radius 3 is 2.15 bits per heavy atom. The van der Waals surface area contributed by atoms with E-state index in [-0.39, 0.29) is 10.6 Å². The quantitative estimate of drug-likeness (QED) is 0.469. The molecule has 0 aliphatic heterocycles. The fourth-order valence-corrected chi connectivity index (χ4v) is 1.90. The third kappa shape index (κ3) is 2.75. The first kappa shape index (κ1) is 14.4. The molecule has 0 bridgehead atoms. The van der Waals surface area contributed by atoms with Crippen molar-refractivity contribution in [3.05, 3.63) is 64.2 Å². The minimum atomic E-state index is -4.63. The van der Waals surface area contributed by atoms with Crippen molar-refractivity contribution in [2.45, 2.75) is 6.18 Å². The zero-order valence-corrected chi connectivity index (χ0v) is 10.6. The van der Waals surface area contributed by atoms with Gasteiger partial charge in [-0.1, -0.05) is 35.9 Å². The molecule has 0 N–H and O–H groups in total. The topological polar surface area (TPSA) is 4.36 Å². The van der Waals surface area contributed by atoms with Crippen molar-refractivity contribution in [1.29, 1.82) is 0 Å². The average Bonchev–Trinajstić information content (AvgIpc) is 2.40. The molecule has 0 aliphatic carbocycles. The van der Waals surface area contributed by atoms with Crippen LogP contribution in [0.5, 0.6) is 0 Å². The van der Waals surface area contributed by atoms with Gasteiger partial charge in [0.1, 0.15) is 5.82 Å². The van der Waals surface area contributed by atoms with Crippen molar-refractivity contribution < 1.29 is 17.6 Å². The summed E-state index contributed by atoms with van der Waals surface area (Å²) in [4.78, 5) is 2.85. The third-order valence-electron chi connectivity index (χ3n) is 2.68. The fourth-order valence-electron chi connectivity index (χ4n) is 1.72. The van der Waals surface area contributed by atoms with Gasteiger partial charge >= 0.3 is 6.18 Å². The highest BCUT2D eigenvalue weighted by Crippen LogP contribution is 2.39. The van der Waals surface area contributed by atoms with Crippen molar-refractivity contribution in [2.24, 2.45) is 0 Å². The molecule has 0 radical (unpaired) electrons. The SMILES string of the molecule is [C-]#[N+]c1ccc(-c2ccc(F)c(Cl)c2)cc1C(F)(F)F. The van der Waals surface area contributed by atoms with E-state index in [9.17, 15) is 17.6 Å². The average molecular weight is 300 g/mol. The zero-order chi connectivity index (χ0) is 14.9. The Morgan fingerprint density at radius 2 is 1.60 bits per heavy atom. The second kappa shape index (κ2) is 5.14. The van der Waals surface area contributed by atoms with E-state index in [1.54, 1.807) is 0 Å². The first-order valence-electron chi connectivity index (χ1n) is 5.37. The van der Waals surface area contributed by atoms with Gasteiger partial charge in [0.25, 0.3) is 0 Å². The van der Waals surface area contributed by atoms with Crippen LogP contribution in [0.1, 0.15) is 5.56 Å². The molecule has 0 aliphatic rings. The summed E-state index contributed by atoms with van der Waals surface area (Å²) in [5.41, 5.74) is -0.940. The molecule has 2 aromatic rings. The minimum Gasteiger partial charge on any atom is -0.238 e. The largest absolute Gasteiger partial charge is 0.407 e. The molecular weight excluding hydrogens is 294 g/mol. The highest BCUT2D eigenvalue weighted by molar-refractivity contribution is 6.31. The van der Waals surface area contributed by atoms with Gasteiger partial charge in [-0.2, -0.15) is 13.2 Å². The van der Waals surface area contributed by atoms with Crippen LogP contribution in [0.3, 0.4) is 0 Å². The number of alkyl halides is 3. The molecule has 0 aromatic heterocycles. The van der Waals surface area contributed by atoms with Crippen molar-refractivity contribution >= 4 is 17.3 Å². The van der Waals surface area contributed by atoms with Gasteiger partial charge in [0.05, 0.1) is 17.2 Å². The molecule has 0 saturated carbocycles. The Labute approximate surface area is 117 Å². The second-order valence-corrected chi connectivity index (χ2v) is 4.38. The lowest BCUT2D eigenvalue weighted by Gasteiger charge is -2.11. The first-order valence-corrected chi connectivity index (χ1v) is 5.75. The van der Waals surface area contributed by atoms with Crippen LogP contribution in [-0.4, -0.2) is 0 Å². The molecular formula is C14H6ClF4N. The third-order valence-corrected chi connectivity index (χ3v) is 2.96. The summed E-state index contributed by atoms with van der Waals surface area (Å²) in [6, 6.07) is 6.96. The van der Waals surface area contributed by atoms with Crippen LogP contribution in [0.2, 0.25) is 5.02 Å². The van der Waals surface area contributed by atoms with Gasteiger partial charge in [0.15, 0.2) is 5.69 Å². The molecule has 2 rings (SSSR count). The maximum Gasteiger partial charge on any atom is 0.407 e. The molecule has 0 saturated heterocycles. The lowest BCUT2D eigenvalue weighted by Crippen LogP contribution is -2.05. The number of nitrogens with zero attached hydrogens (tertiary/aromatic N) is 1. The molecule has 6 heteroatoms. The normalized spacial score (nSPS) is 11.2. The lowest BCUT2D eigenvalue weighted by atomic mass is 10.0. The Balaban J connectivity index is 2.59. The monoisotopic (exact) mass is 299 g/mol. The zero-order valence-electron chi connectivity index (χ0n) is 9.80.